The Labute approximate surface area is 125 Å². The molecule has 0 radical (unpaired) electrons. The molecule has 0 N–H and O–H groups in total. The third-order valence-electron chi connectivity index (χ3n) is 3.21. The summed E-state index contributed by atoms with van der Waals surface area (Å²) in [5.74, 6) is 0. The van der Waals surface area contributed by atoms with Crippen LogP contribution in [0.5, 0.6) is 0 Å². The second-order valence-electron chi connectivity index (χ2n) is 4.59. The van der Waals surface area contributed by atoms with Gasteiger partial charge in [-0.2, -0.15) is 17.5 Å². The zero-order valence-corrected chi connectivity index (χ0v) is 11.9. The second kappa shape index (κ2) is 4.80. The summed E-state index contributed by atoms with van der Waals surface area (Å²) in [6.07, 6.45) is -3.21. The Bertz CT molecular complexity index is 985. The summed E-state index contributed by atoms with van der Waals surface area (Å²) in [6, 6.07) is 5.11. The number of nitrogens with zero attached hydrogens (tertiary/aromatic N) is 3. The van der Waals surface area contributed by atoms with Crippen LogP contribution in [0.3, 0.4) is 0 Å². The Morgan fingerprint density at radius 1 is 1.18 bits per heavy atom. The molecule has 2 aromatic heterocycles. The van der Waals surface area contributed by atoms with E-state index in [9.17, 15) is 22.8 Å². The summed E-state index contributed by atoms with van der Waals surface area (Å²) in [7, 11) is 0.978. The Kier molecular flexibility index (Phi) is 3.17. The van der Waals surface area contributed by atoms with Gasteiger partial charge in [0.1, 0.15) is 5.69 Å². The standard InChI is InChI=1S/C13H8F3N3O2S/c1-18-10(13(14,15)16)5-11(20)19(12(18)21)8-2-3-9-7(4-8)6-17-22-9/h2-6H,1H3. The van der Waals surface area contributed by atoms with Gasteiger partial charge in [0.05, 0.1) is 10.4 Å². The summed E-state index contributed by atoms with van der Waals surface area (Å²) >= 11 is 1.24. The molecule has 0 aliphatic carbocycles. The van der Waals surface area contributed by atoms with Crippen LogP contribution >= 0.6 is 11.5 Å². The van der Waals surface area contributed by atoms with Gasteiger partial charge in [-0.25, -0.2) is 9.36 Å². The quantitative estimate of drug-likeness (QED) is 0.688. The maximum absolute atomic E-state index is 12.8. The maximum atomic E-state index is 12.8. The minimum absolute atomic E-state index is 0.201. The Morgan fingerprint density at radius 2 is 1.91 bits per heavy atom. The van der Waals surface area contributed by atoms with Crippen LogP contribution in [0, 0.1) is 0 Å². The van der Waals surface area contributed by atoms with Crippen LogP contribution < -0.4 is 11.2 Å². The van der Waals surface area contributed by atoms with Gasteiger partial charge in [0.15, 0.2) is 0 Å². The van der Waals surface area contributed by atoms with Gasteiger partial charge in [0.25, 0.3) is 5.56 Å². The Morgan fingerprint density at radius 3 is 2.59 bits per heavy atom. The highest BCUT2D eigenvalue weighted by Crippen LogP contribution is 2.27. The lowest BCUT2D eigenvalue weighted by Crippen LogP contribution is -2.40. The van der Waals surface area contributed by atoms with Crippen LogP contribution in [0.4, 0.5) is 13.2 Å². The average Bonchev–Trinajstić information content (AvgIpc) is 2.89. The molecule has 3 aromatic rings. The highest BCUT2D eigenvalue weighted by Gasteiger charge is 2.35. The normalized spacial score (nSPS) is 12.0. The van der Waals surface area contributed by atoms with Crippen molar-refractivity contribution in [2.45, 2.75) is 6.18 Å². The van der Waals surface area contributed by atoms with E-state index in [2.05, 4.69) is 4.37 Å². The van der Waals surface area contributed by atoms with Gasteiger partial charge in [-0.05, 0) is 29.7 Å². The number of hydrogen-bond acceptors (Lipinski definition) is 4. The Hall–Kier alpha value is -2.42. The molecule has 0 saturated carbocycles. The van der Waals surface area contributed by atoms with Crippen molar-refractivity contribution in [3.8, 4) is 5.69 Å². The third-order valence-corrected chi connectivity index (χ3v) is 3.98. The van der Waals surface area contributed by atoms with Crippen molar-refractivity contribution in [1.29, 1.82) is 0 Å². The first-order valence-corrected chi connectivity index (χ1v) is 6.81. The van der Waals surface area contributed by atoms with Crippen molar-refractivity contribution >= 4 is 21.6 Å². The largest absolute Gasteiger partial charge is 0.431 e. The molecule has 0 fully saturated rings. The molecule has 0 spiro atoms. The van der Waals surface area contributed by atoms with Crippen molar-refractivity contribution < 1.29 is 13.2 Å². The number of halogens is 3. The lowest BCUT2D eigenvalue weighted by atomic mass is 10.2. The molecule has 0 saturated heterocycles. The van der Waals surface area contributed by atoms with E-state index >= 15 is 0 Å². The van der Waals surface area contributed by atoms with Crippen molar-refractivity contribution in [3.05, 3.63) is 57.0 Å². The molecule has 22 heavy (non-hydrogen) atoms. The molecule has 114 valence electrons. The summed E-state index contributed by atoms with van der Waals surface area (Å²) in [6.45, 7) is 0. The van der Waals surface area contributed by atoms with Crippen molar-refractivity contribution in [1.82, 2.24) is 13.5 Å². The third kappa shape index (κ3) is 2.23. The number of hydrogen-bond donors (Lipinski definition) is 0. The molecule has 5 nitrogen and oxygen atoms in total. The number of alkyl halides is 3. The minimum Gasteiger partial charge on any atom is -0.292 e. The van der Waals surface area contributed by atoms with Crippen molar-refractivity contribution in [2.75, 3.05) is 0 Å². The van der Waals surface area contributed by atoms with Crippen LogP contribution in [0.2, 0.25) is 0 Å². The first-order chi connectivity index (χ1) is 10.3. The van der Waals surface area contributed by atoms with Gasteiger partial charge in [0, 0.05) is 24.7 Å². The summed E-state index contributed by atoms with van der Waals surface area (Å²) in [5.41, 5.74) is -3.16. The molecule has 1 aromatic carbocycles. The zero-order chi connectivity index (χ0) is 16.1. The molecule has 0 unspecified atom stereocenters. The average molecular weight is 327 g/mol. The SMILES string of the molecule is Cn1c(C(F)(F)F)cc(=O)n(-c2ccc3sncc3c2)c1=O. The number of aromatic nitrogens is 3. The summed E-state index contributed by atoms with van der Waals surface area (Å²) < 4.78 is 44.3. The van der Waals surface area contributed by atoms with Crippen LogP contribution in [-0.4, -0.2) is 13.5 Å². The van der Waals surface area contributed by atoms with Gasteiger partial charge in [-0.3, -0.25) is 9.36 Å². The Balaban J connectivity index is 2.30. The number of rotatable bonds is 1. The van der Waals surface area contributed by atoms with Gasteiger partial charge >= 0.3 is 11.9 Å². The van der Waals surface area contributed by atoms with Crippen LogP contribution in [0.25, 0.3) is 15.8 Å². The van der Waals surface area contributed by atoms with E-state index in [-0.39, 0.29) is 5.69 Å². The van der Waals surface area contributed by atoms with Crippen LogP contribution in [0.1, 0.15) is 5.69 Å². The van der Waals surface area contributed by atoms with Gasteiger partial charge in [-0.1, -0.05) is 0 Å². The second-order valence-corrected chi connectivity index (χ2v) is 5.42. The highest BCUT2D eigenvalue weighted by atomic mass is 32.1. The molecule has 0 amide bonds. The molecular formula is C13H8F3N3O2S. The van der Waals surface area contributed by atoms with E-state index in [0.29, 0.717) is 20.6 Å². The number of fused-ring (bicyclic) bond motifs is 1. The van der Waals surface area contributed by atoms with E-state index < -0.39 is 23.1 Å². The lowest BCUT2D eigenvalue weighted by Gasteiger charge is -2.13. The molecule has 0 aliphatic heterocycles. The van der Waals surface area contributed by atoms with Gasteiger partial charge < -0.3 is 0 Å². The molecule has 9 heteroatoms. The molecular weight excluding hydrogens is 319 g/mol. The first-order valence-electron chi connectivity index (χ1n) is 6.04. The first kappa shape index (κ1) is 14.5. The smallest absolute Gasteiger partial charge is 0.292 e. The molecule has 0 aliphatic rings. The molecule has 3 rings (SSSR count). The highest BCUT2D eigenvalue weighted by molar-refractivity contribution is 7.13. The molecule has 2 heterocycles. The van der Waals surface area contributed by atoms with E-state index in [4.69, 9.17) is 0 Å². The fourth-order valence-electron chi connectivity index (χ4n) is 2.13. The summed E-state index contributed by atoms with van der Waals surface area (Å²) in [5, 5.41) is 0.705. The van der Waals surface area contributed by atoms with Crippen molar-refractivity contribution in [2.24, 2.45) is 7.05 Å². The fraction of sp³-hybridized carbons (Fsp3) is 0.154. The van der Waals surface area contributed by atoms with Crippen LogP contribution in [-0.2, 0) is 13.2 Å². The topological polar surface area (TPSA) is 56.9 Å². The van der Waals surface area contributed by atoms with Gasteiger partial charge in [0.2, 0.25) is 0 Å². The molecule has 0 bridgehead atoms. The molecule has 0 atom stereocenters. The van der Waals surface area contributed by atoms with Crippen LogP contribution in [0.15, 0.2) is 40.1 Å². The number of benzene rings is 1. The van der Waals surface area contributed by atoms with E-state index in [1.54, 1.807) is 12.3 Å². The fourth-order valence-corrected chi connectivity index (χ4v) is 2.76. The van der Waals surface area contributed by atoms with Gasteiger partial charge in [-0.15, -0.1) is 0 Å². The maximum Gasteiger partial charge on any atom is 0.431 e. The lowest BCUT2D eigenvalue weighted by molar-refractivity contribution is -0.144. The van der Waals surface area contributed by atoms with Crippen molar-refractivity contribution in [3.63, 3.8) is 0 Å². The predicted octanol–water partition coefficient (Wildman–Crippen LogP) is 2.16. The van der Waals surface area contributed by atoms with E-state index in [1.165, 1.54) is 23.7 Å². The van der Waals surface area contributed by atoms with E-state index in [0.717, 1.165) is 11.7 Å². The monoisotopic (exact) mass is 327 g/mol. The van der Waals surface area contributed by atoms with E-state index in [1.807, 2.05) is 0 Å². The summed E-state index contributed by atoms with van der Waals surface area (Å²) in [4.78, 5) is 24.1. The minimum atomic E-state index is -4.77. The zero-order valence-electron chi connectivity index (χ0n) is 11.1. The predicted molar refractivity (Wildman–Crippen MR) is 75.5 cm³/mol.